The summed E-state index contributed by atoms with van der Waals surface area (Å²) in [5, 5.41) is 0. The van der Waals surface area contributed by atoms with E-state index in [2.05, 4.69) is 31.5 Å². The van der Waals surface area contributed by atoms with E-state index in [4.69, 9.17) is 4.74 Å². The first kappa shape index (κ1) is 12.4. The molecule has 3 heteroatoms. The Bertz CT molecular complexity index is 314. The summed E-state index contributed by atoms with van der Waals surface area (Å²) in [7, 11) is 0. The molecule has 0 aliphatic carbocycles. The van der Waals surface area contributed by atoms with Gasteiger partial charge in [0.15, 0.2) is 0 Å². The zero-order valence-electron chi connectivity index (χ0n) is 9.66. The second-order valence-corrected chi connectivity index (χ2v) is 4.21. The lowest BCUT2D eigenvalue weighted by Gasteiger charge is -2.13. The van der Waals surface area contributed by atoms with Crippen LogP contribution in [0.2, 0.25) is 0 Å². The first-order valence-corrected chi connectivity index (χ1v) is 6.00. The smallest absolute Gasteiger partial charge is 0.140 e. The minimum Gasteiger partial charge on any atom is -0.491 e. The summed E-state index contributed by atoms with van der Waals surface area (Å²) in [6, 6.07) is 3.99. The monoisotopic (exact) mass is 225 g/mol. The zero-order valence-corrected chi connectivity index (χ0v) is 10.6. The SMILES string of the molecule is CCc1nc(C)ccc1OCC(C)CS. The van der Waals surface area contributed by atoms with Gasteiger partial charge in [0, 0.05) is 5.69 Å². The maximum absolute atomic E-state index is 5.72. The van der Waals surface area contributed by atoms with Crippen LogP contribution in [0, 0.1) is 12.8 Å². The van der Waals surface area contributed by atoms with Gasteiger partial charge in [0.25, 0.3) is 0 Å². The van der Waals surface area contributed by atoms with Gasteiger partial charge in [-0.2, -0.15) is 12.6 Å². The van der Waals surface area contributed by atoms with Gasteiger partial charge in [-0.05, 0) is 37.1 Å². The summed E-state index contributed by atoms with van der Waals surface area (Å²) in [4.78, 5) is 4.45. The van der Waals surface area contributed by atoms with Gasteiger partial charge in [-0.25, -0.2) is 0 Å². The number of ether oxygens (including phenoxy) is 1. The summed E-state index contributed by atoms with van der Waals surface area (Å²) < 4.78 is 5.72. The second kappa shape index (κ2) is 6.01. The Morgan fingerprint density at radius 1 is 1.47 bits per heavy atom. The maximum Gasteiger partial charge on any atom is 0.140 e. The number of rotatable bonds is 5. The van der Waals surface area contributed by atoms with E-state index in [1.54, 1.807) is 0 Å². The third kappa shape index (κ3) is 3.74. The van der Waals surface area contributed by atoms with Crippen LogP contribution in [0.1, 0.15) is 25.2 Å². The topological polar surface area (TPSA) is 22.1 Å². The van der Waals surface area contributed by atoms with Gasteiger partial charge in [-0.15, -0.1) is 0 Å². The molecule has 15 heavy (non-hydrogen) atoms. The van der Waals surface area contributed by atoms with Gasteiger partial charge in [0.05, 0.1) is 12.3 Å². The first-order chi connectivity index (χ1) is 7.17. The number of aryl methyl sites for hydroxylation is 2. The van der Waals surface area contributed by atoms with Crippen molar-refractivity contribution in [1.82, 2.24) is 4.98 Å². The molecule has 2 nitrogen and oxygen atoms in total. The molecule has 0 aromatic carbocycles. The fourth-order valence-electron chi connectivity index (χ4n) is 1.27. The van der Waals surface area contributed by atoms with E-state index in [0.717, 1.165) is 29.3 Å². The second-order valence-electron chi connectivity index (χ2n) is 3.85. The largest absolute Gasteiger partial charge is 0.491 e. The summed E-state index contributed by atoms with van der Waals surface area (Å²) in [5.41, 5.74) is 2.09. The number of thiol groups is 1. The Labute approximate surface area is 97.5 Å². The number of hydrogen-bond donors (Lipinski definition) is 1. The van der Waals surface area contributed by atoms with Crippen LogP contribution in [0.15, 0.2) is 12.1 Å². The molecule has 0 saturated heterocycles. The summed E-state index contributed by atoms with van der Waals surface area (Å²) in [6.07, 6.45) is 0.909. The average molecular weight is 225 g/mol. The summed E-state index contributed by atoms with van der Waals surface area (Å²) in [6.45, 7) is 6.93. The van der Waals surface area contributed by atoms with Gasteiger partial charge in [0.1, 0.15) is 5.75 Å². The highest BCUT2D eigenvalue weighted by Crippen LogP contribution is 2.18. The maximum atomic E-state index is 5.72. The highest BCUT2D eigenvalue weighted by atomic mass is 32.1. The molecule has 84 valence electrons. The molecular formula is C12H19NOS. The summed E-state index contributed by atoms with van der Waals surface area (Å²) >= 11 is 4.23. The van der Waals surface area contributed by atoms with E-state index in [1.165, 1.54) is 0 Å². The number of nitrogens with zero attached hydrogens (tertiary/aromatic N) is 1. The van der Waals surface area contributed by atoms with Gasteiger partial charge in [-0.1, -0.05) is 13.8 Å². The van der Waals surface area contributed by atoms with Crippen molar-refractivity contribution in [3.63, 3.8) is 0 Å². The Balaban J connectivity index is 2.67. The zero-order chi connectivity index (χ0) is 11.3. The molecule has 1 heterocycles. The third-order valence-corrected chi connectivity index (χ3v) is 2.86. The summed E-state index contributed by atoms with van der Waals surface area (Å²) in [5.74, 6) is 2.23. The predicted molar refractivity (Wildman–Crippen MR) is 66.9 cm³/mol. The Morgan fingerprint density at radius 2 is 2.20 bits per heavy atom. The lowest BCUT2D eigenvalue weighted by atomic mass is 10.2. The standard InChI is InChI=1S/C12H19NOS/c1-4-11-12(6-5-10(3)13-11)14-7-9(2)8-15/h5-6,9,15H,4,7-8H2,1-3H3. The highest BCUT2D eigenvalue weighted by Gasteiger charge is 2.06. The number of hydrogen-bond acceptors (Lipinski definition) is 3. The van der Waals surface area contributed by atoms with Crippen molar-refractivity contribution in [3.8, 4) is 5.75 Å². The predicted octanol–water partition coefficient (Wildman–Crippen LogP) is 2.90. The van der Waals surface area contributed by atoms with E-state index in [-0.39, 0.29) is 0 Å². The van der Waals surface area contributed by atoms with Crippen molar-refractivity contribution in [2.24, 2.45) is 5.92 Å². The Morgan fingerprint density at radius 3 is 2.80 bits per heavy atom. The molecule has 1 atom stereocenters. The van der Waals surface area contributed by atoms with Crippen LogP contribution in [0.4, 0.5) is 0 Å². The fraction of sp³-hybridized carbons (Fsp3) is 0.583. The molecule has 0 aliphatic heterocycles. The molecule has 1 aromatic heterocycles. The lowest BCUT2D eigenvalue weighted by molar-refractivity contribution is 0.270. The van der Waals surface area contributed by atoms with Crippen molar-refractivity contribution in [3.05, 3.63) is 23.5 Å². The van der Waals surface area contributed by atoms with Gasteiger partial charge < -0.3 is 4.74 Å². The average Bonchev–Trinajstić information content (AvgIpc) is 2.26. The number of aromatic nitrogens is 1. The molecule has 1 rings (SSSR count). The molecule has 0 bridgehead atoms. The normalized spacial score (nSPS) is 12.5. The lowest BCUT2D eigenvalue weighted by Crippen LogP contribution is -2.11. The quantitative estimate of drug-likeness (QED) is 0.778. The van der Waals surface area contributed by atoms with E-state index in [1.807, 2.05) is 19.1 Å². The van der Waals surface area contributed by atoms with Crippen molar-refractivity contribution in [1.29, 1.82) is 0 Å². The van der Waals surface area contributed by atoms with Crippen molar-refractivity contribution in [2.45, 2.75) is 27.2 Å². The van der Waals surface area contributed by atoms with Crippen LogP contribution >= 0.6 is 12.6 Å². The van der Waals surface area contributed by atoms with Crippen LogP contribution in [0.5, 0.6) is 5.75 Å². The number of pyridine rings is 1. The van der Waals surface area contributed by atoms with Crippen molar-refractivity contribution in [2.75, 3.05) is 12.4 Å². The van der Waals surface area contributed by atoms with Crippen LogP contribution in [-0.2, 0) is 6.42 Å². The minimum atomic E-state index is 0.472. The third-order valence-electron chi connectivity index (χ3n) is 2.24. The molecule has 1 aromatic rings. The van der Waals surface area contributed by atoms with Crippen LogP contribution in [0.3, 0.4) is 0 Å². The van der Waals surface area contributed by atoms with E-state index < -0.39 is 0 Å². The van der Waals surface area contributed by atoms with Gasteiger partial charge in [-0.3, -0.25) is 4.98 Å². The molecule has 0 N–H and O–H groups in total. The molecule has 0 amide bonds. The molecule has 0 saturated carbocycles. The van der Waals surface area contributed by atoms with Gasteiger partial charge in [0.2, 0.25) is 0 Å². The Kier molecular flexibility index (Phi) is 4.95. The molecule has 0 spiro atoms. The van der Waals surface area contributed by atoms with E-state index in [0.29, 0.717) is 12.5 Å². The fourth-order valence-corrected chi connectivity index (χ4v) is 1.37. The van der Waals surface area contributed by atoms with Crippen molar-refractivity contribution >= 4 is 12.6 Å². The molecule has 0 aliphatic rings. The molecule has 0 fully saturated rings. The highest BCUT2D eigenvalue weighted by molar-refractivity contribution is 7.80. The molecule has 1 unspecified atom stereocenters. The molecule has 0 radical (unpaired) electrons. The van der Waals surface area contributed by atoms with Gasteiger partial charge >= 0.3 is 0 Å². The minimum absolute atomic E-state index is 0.472. The van der Waals surface area contributed by atoms with Crippen LogP contribution in [0.25, 0.3) is 0 Å². The van der Waals surface area contributed by atoms with Crippen molar-refractivity contribution < 1.29 is 4.74 Å². The van der Waals surface area contributed by atoms with Crippen LogP contribution < -0.4 is 4.74 Å². The van der Waals surface area contributed by atoms with Crippen LogP contribution in [-0.4, -0.2) is 17.3 Å². The first-order valence-electron chi connectivity index (χ1n) is 5.37. The Hall–Kier alpha value is -0.700. The van der Waals surface area contributed by atoms with E-state index in [9.17, 15) is 0 Å². The van der Waals surface area contributed by atoms with E-state index >= 15 is 0 Å². The molecular weight excluding hydrogens is 206 g/mol.